The molecule has 0 aliphatic carbocycles. The van der Waals surface area contributed by atoms with Gasteiger partial charge in [0.2, 0.25) is 0 Å². The van der Waals surface area contributed by atoms with Crippen molar-refractivity contribution in [1.29, 1.82) is 0 Å². The molecular weight excluding hydrogens is 134 g/mol. The van der Waals surface area contributed by atoms with Crippen LogP contribution in [0.4, 0.5) is 0 Å². The summed E-state index contributed by atoms with van der Waals surface area (Å²) in [5.74, 6) is 0. The fourth-order valence-corrected chi connectivity index (χ4v) is 1.95. The van der Waals surface area contributed by atoms with E-state index in [1.807, 2.05) is 0 Å². The Morgan fingerprint density at radius 3 is 2.36 bits per heavy atom. The van der Waals surface area contributed by atoms with Crippen LogP contribution in [0.5, 0.6) is 0 Å². The van der Waals surface area contributed by atoms with E-state index in [9.17, 15) is 0 Å². The van der Waals surface area contributed by atoms with Gasteiger partial charge in [-0.2, -0.15) is 0 Å². The third-order valence-corrected chi connectivity index (χ3v) is 2.65. The van der Waals surface area contributed by atoms with Gasteiger partial charge in [-0.05, 0) is 18.3 Å². The Kier molecular flexibility index (Phi) is 2.08. The Morgan fingerprint density at radius 1 is 1.36 bits per heavy atom. The minimum Gasteiger partial charge on any atom is -0.296 e. The van der Waals surface area contributed by atoms with Gasteiger partial charge >= 0.3 is 0 Å². The summed E-state index contributed by atoms with van der Waals surface area (Å²) >= 11 is 0. The first kappa shape index (κ1) is 8.76. The second-order valence-corrected chi connectivity index (χ2v) is 4.80. The van der Waals surface area contributed by atoms with Crippen molar-refractivity contribution in [1.82, 2.24) is 0 Å². The lowest BCUT2D eigenvalue weighted by Gasteiger charge is -2.37. The molecule has 1 rings (SSSR count). The maximum atomic E-state index is 4.43. The maximum absolute atomic E-state index is 4.43. The first-order chi connectivity index (χ1) is 4.97. The lowest BCUT2D eigenvalue weighted by atomic mass is 9.71. The van der Waals surface area contributed by atoms with Crippen molar-refractivity contribution in [3.8, 4) is 0 Å². The van der Waals surface area contributed by atoms with Crippen LogP contribution in [0, 0.1) is 10.8 Å². The minimum atomic E-state index is 0.322. The van der Waals surface area contributed by atoms with Crippen LogP contribution in [-0.2, 0) is 0 Å². The molecule has 1 aliphatic heterocycles. The van der Waals surface area contributed by atoms with Gasteiger partial charge in [-0.1, -0.05) is 27.7 Å². The molecule has 0 saturated carbocycles. The molecule has 1 heteroatoms. The standard InChI is InChI=1S/C10H19N/c1-5-10(4)6-9(2,3)7-11-8-10/h7H,5-6,8H2,1-4H3/t10-/m0/s1. The van der Waals surface area contributed by atoms with Crippen molar-refractivity contribution in [2.45, 2.75) is 40.5 Å². The van der Waals surface area contributed by atoms with Crippen LogP contribution in [0.25, 0.3) is 0 Å². The third kappa shape index (κ3) is 2.05. The normalized spacial score (nSPS) is 35.6. The second-order valence-electron chi connectivity index (χ2n) is 4.80. The molecule has 64 valence electrons. The van der Waals surface area contributed by atoms with Gasteiger partial charge in [0.05, 0.1) is 0 Å². The molecule has 0 aromatic carbocycles. The van der Waals surface area contributed by atoms with E-state index >= 15 is 0 Å². The summed E-state index contributed by atoms with van der Waals surface area (Å²) in [6.07, 6.45) is 4.64. The zero-order valence-electron chi connectivity index (χ0n) is 8.15. The monoisotopic (exact) mass is 153 g/mol. The molecule has 1 aliphatic rings. The molecule has 0 amide bonds. The summed E-state index contributed by atoms with van der Waals surface area (Å²) in [7, 11) is 0. The fraction of sp³-hybridized carbons (Fsp3) is 0.900. The molecule has 11 heavy (non-hydrogen) atoms. The van der Waals surface area contributed by atoms with Crippen LogP contribution in [0.2, 0.25) is 0 Å². The van der Waals surface area contributed by atoms with Gasteiger partial charge in [0.15, 0.2) is 0 Å². The third-order valence-electron chi connectivity index (χ3n) is 2.65. The summed E-state index contributed by atoms with van der Waals surface area (Å²) in [6.45, 7) is 10.2. The highest BCUT2D eigenvalue weighted by molar-refractivity contribution is 5.65. The predicted molar refractivity (Wildman–Crippen MR) is 50.2 cm³/mol. The van der Waals surface area contributed by atoms with Crippen molar-refractivity contribution in [2.75, 3.05) is 6.54 Å². The van der Waals surface area contributed by atoms with E-state index in [1.165, 1.54) is 12.8 Å². The molecule has 0 unspecified atom stereocenters. The Morgan fingerprint density at radius 2 is 2.00 bits per heavy atom. The molecule has 0 spiro atoms. The number of rotatable bonds is 1. The number of hydrogen-bond acceptors (Lipinski definition) is 1. The first-order valence-corrected chi connectivity index (χ1v) is 4.48. The molecule has 1 atom stereocenters. The summed E-state index contributed by atoms with van der Waals surface area (Å²) in [6, 6.07) is 0. The summed E-state index contributed by atoms with van der Waals surface area (Å²) < 4.78 is 0. The minimum absolute atomic E-state index is 0.322. The highest BCUT2D eigenvalue weighted by Gasteiger charge is 2.32. The van der Waals surface area contributed by atoms with Crippen LogP contribution in [0.1, 0.15) is 40.5 Å². The van der Waals surface area contributed by atoms with E-state index in [1.54, 1.807) is 0 Å². The van der Waals surface area contributed by atoms with Gasteiger partial charge in [0, 0.05) is 18.2 Å². The number of aliphatic imine (C=N–C) groups is 1. The molecule has 0 saturated heterocycles. The zero-order valence-corrected chi connectivity index (χ0v) is 8.15. The van der Waals surface area contributed by atoms with E-state index in [2.05, 4.69) is 38.9 Å². The van der Waals surface area contributed by atoms with E-state index in [0.29, 0.717) is 10.8 Å². The fourth-order valence-electron chi connectivity index (χ4n) is 1.95. The maximum Gasteiger partial charge on any atom is 0.0439 e. The average molecular weight is 153 g/mol. The van der Waals surface area contributed by atoms with Crippen molar-refractivity contribution in [3.05, 3.63) is 0 Å². The van der Waals surface area contributed by atoms with E-state index in [4.69, 9.17) is 0 Å². The Bertz CT molecular complexity index is 170. The molecule has 0 fully saturated rings. The Balaban J connectivity index is 2.73. The van der Waals surface area contributed by atoms with Crippen LogP contribution in [0.15, 0.2) is 4.99 Å². The molecular formula is C10H19N. The highest BCUT2D eigenvalue weighted by Crippen LogP contribution is 2.38. The van der Waals surface area contributed by atoms with Crippen LogP contribution in [-0.4, -0.2) is 12.8 Å². The van der Waals surface area contributed by atoms with Gasteiger partial charge in [0.1, 0.15) is 0 Å². The largest absolute Gasteiger partial charge is 0.296 e. The molecule has 0 aromatic rings. The predicted octanol–water partition coefficient (Wildman–Crippen LogP) is 2.90. The quantitative estimate of drug-likeness (QED) is 0.549. The molecule has 1 heterocycles. The van der Waals surface area contributed by atoms with Crippen molar-refractivity contribution in [2.24, 2.45) is 15.8 Å². The second kappa shape index (κ2) is 2.62. The van der Waals surface area contributed by atoms with E-state index in [0.717, 1.165) is 6.54 Å². The topological polar surface area (TPSA) is 12.4 Å². The van der Waals surface area contributed by atoms with Crippen molar-refractivity contribution >= 4 is 6.21 Å². The summed E-state index contributed by atoms with van der Waals surface area (Å²) in [4.78, 5) is 4.43. The SMILES string of the molecule is CC[C@]1(C)CN=CC(C)(C)C1. The molecule has 0 aromatic heterocycles. The van der Waals surface area contributed by atoms with Crippen LogP contribution >= 0.6 is 0 Å². The summed E-state index contributed by atoms with van der Waals surface area (Å²) in [5.41, 5.74) is 0.779. The average Bonchev–Trinajstić information content (AvgIpc) is 1.85. The molecule has 0 N–H and O–H groups in total. The van der Waals surface area contributed by atoms with E-state index < -0.39 is 0 Å². The summed E-state index contributed by atoms with van der Waals surface area (Å²) in [5, 5.41) is 0. The lowest BCUT2D eigenvalue weighted by molar-refractivity contribution is 0.215. The zero-order chi connectivity index (χ0) is 8.54. The van der Waals surface area contributed by atoms with Gasteiger partial charge in [-0.25, -0.2) is 0 Å². The van der Waals surface area contributed by atoms with Gasteiger partial charge in [-0.15, -0.1) is 0 Å². The first-order valence-electron chi connectivity index (χ1n) is 4.48. The van der Waals surface area contributed by atoms with Crippen LogP contribution < -0.4 is 0 Å². The number of nitrogens with zero attached hydrogens (tertiary/aromatic N) is 1. The molecule has 0 radical (unpaired) electrons. The van der Waals surface area contributed by atoms with Gasteiger partial charge in [-0.3, -0.25) is 4.99 Å². The molecule has 0 bridgehead atoms. The van der Waals surface area contributed by atoms with Crippen molar-refractivity contribution < 1.29 is 0 Å². The van der Waals surface area contributed by atoms with E-state index in [-0.39, 0.29) is 0 Å². The van der Waals surface area contributed by atoms with Gasteiger partial charge in [0.25, 0.3) is 0 Å². The Hall–Kier alpha value is -0.330. The Labute approximate surface area is 69.9 Å². The molecule has 1 nitrogen and oxygen atoms in total. The van der Waals surface area contributed by atoms with Crippen LogP contribution in [0.3, 0.4) is 0 Å². The lowest BCUT2D eigenvalue weighted by Crippen LogP contribution is -2.33. The highest BCUT2D eigenvalue weighted by atomic mass is 14.8. The number of hydrogen-bond donors (Lipinski definition) is 0. The van der Waals surface area contributed by atoms with Crippen molar-refractivity contribution in [3.63, 3.8) is 0 Å². The van der Waals surface area contributed by atoms with Gasteiger partial charge < -0.3 is 0 Å². The smallest absolute Gasteiger partial charge is 0.0439 e.